The third-order valence-electron chi connectivity index (χ3n) is 3.52. The molecule has 27 heavy (non-hydrogen) atoms. The molecule has 3 rings (SSSR count). The van der Waals surface area contributed by atoms with E-state index in [1.54, 1.807) is 42.6 Å². The quantitative estimate of drug-likeness (QED) is 0.597. The third kappa shape index (κ3) is 4.31. The number of ether oxygens (including phenoxy) is 2. The Balaban J connectivity index is 2.12. The van der Waals surface area contributed by atoms with E-state index in [0.29, 0.717) is 29.5 Å². The number of hydrogen-bond acceptors (Lipinski definition) is 5. The van der Waals surface area contributed by atoms with Crippen molar-refractivity contribution in [3.8, 4) is 5.75 Å². The van der Waals surface area contributed by atoms with E-state index in [-0.39, 0.29) is 5.15 Å². The van der Waals surface area contributed by atoms with Crippen LogP contribution in [0.4, 0.5) is 16.3 Å². The third-order valence-corrected chi connectivity index (χ3v) is 3.71. The van der Waals surface area contributed by atoms with Crippen molar-refractivity contribution < 1.29 is 14.3 Å². The summed E-state index contributed by atoms with van der Waals surface area (Å²) >= 11 is 6.17. The molecule has 142 valence electrons. The van der Waals surface area contributed by atoms with Gasteiger partial charge in [-0.1, -0.05) is 11.6 Å². The molecule has 0 atom stereocenters. The number of nitrogens with zero attached hydrogens (tertiary/aromatic N) is 4. The number of rotatable bonds is 4. The van der Waals surface area contributed by atoms with Gasteiger partial charge in [-0.25, -0.2) is 14.7 Å². The van der Waals surface area contributed by atoms with Crippen LogP contribution in [0.15, 0.2) is 42.6 Å². The fraction of sp³-hybridized carbons (Fsp3) is 0.316. The summed E-state index contributed by atoms with van der Waals surface area (Å²) in [5.41, 5.74) is 0.449. The first-order chi connectivity index (χ1) is 12.8. The normalized spacial score (nSPS) is 11.4. The lowest BCUT2D eigenvalue weighted by Gasteiger charge is -2.27. The van der Waals surface area contributed by atoms with E-state index in [2.05, 4.69) is 10.1 Å². The molecule has 0 unspecified atom stereocenters. The van der Waals surface area contributed by atoms with Crippen molar-refractivity contribution in [2.45, 2.75) is 33.3 Å². The van der Waals surface area contributed by atoms with Crippen LogP contribution in [-0.4, -0.2) is 32.9 Å². The fourth-order valence-corrected chi connectivity index (χ4v) is 2.71. The average molecular weight is 389 g/mol. The van der Waals surface area contributed by atoms with Gasteiger partial charge < -0.3 is 9.47 Å². The van der Waals surface area contributed by atoms with Crippen LogP contribution in [0.5, 0.6) is 5.75 Å². The SMILES string of the molecule is CCOc1ccc(N(C(=O)OC(C)(C)C)c2cc(Cl)nc3ccnn23)cc1. The molecule has 0 N–H and O–H groups in total. The highest BCUT2D eigenvalue weighted by molar-refractivity contribution is 6.29. The number of benzene rings is 1. The van der Waals surface area contributed by atoms with Crippen LogP contribution in [-0.2, 0) is 4.74 Å². The molecular weight excluding hydrogens is 368 g/mol. The summed E-state index contributed by atoms with van der Waals surface area (Å²) in [5.74, 6) is 1.13. The minimum atomic E-state index is -0.666. The highest BCUT2D eigenvalue weighted by atomic mass is 35.5. The van der Waals surface area contributed by atoms with Crippen molar-refractivity contribution in [3.63, 3.8) is 0 Å². The van der Waals surface area contributed by atoms with Crippen LogP contribution >= 0.6 is 11.6 Å². The number of carbonyl (C=O) groups excluding carboxylic acids is 1. The predicted molar refractivity (Wildman–Crippen MR) is 104 cm³/mol. The maximum absolute atomic E-state index is 13.0. The summed E-state index contributed by atoms with van der Waals surface area (Å²) in [4.78, 5) is 18.6. The number of aromatic nitrogens is 3. The van der Waals surface area contributed by atoms with E-state index < -0.39 is 11.7 Å². The minimum absolute atomic E-state index is 0.248. The molecule has 7 nitrogen and oxygen atoms in total. The molecule has 0 aliphatic carbocycles. The molecule has 3 aromatic rings. The van der Waals surface area contributed by atoms with Crippen molar-refractivity contribution in [2.24, 2.45) is 0 Å². The Labute approximate surface area is 162 Å². The van der Waals surface area contributed by atoms with Gasteiger partial charge in [-0.3, -0.25) is 0 Å². The van der Waals surface area contributed by atoms with Crippen molar-refractivity contribution in [1.82, 2.24) is 14.6 Å². The molecule has 8 heteroatoms. The monoisotopic (exact) mass is 388 g/mol. The fourth-order valence-electron chi connectivity index (χ4n) is 2.52. The molecule has 0 fully saturated rings. The molecule has 1 amide bonds. The second kappa shape index (κ2) is 7.44. The summed E-state index contributed by atoms with van der Waals surface area (Å²) in [5, 5.41) is 4.50. The van der Waals surface area contributed by atoms with Gasteiger partial charge in [0.15, 0.2) is 5.65 Å². The average Bonchev–Trinajstić information content (AvgIpc) is 3.03. The number of halogens is 1. The standard InChI is InChI=1S/C19H21ClN4O3/c1-5-26-14-8-6-13(7-9-14)23(18(25)27-19(2,3)4)17-12-15(20)22-16-10-11-21-24(16)17/h6-12H,5H2,1-4H3. The van der Waals surface area contributed by atoms with E-state index in [4.69, 9.17) is 21.1 Å². The molecule has 1 aromatic carbocycles. The molecule has 2 heterocycles. The van der Waals surface area contributed by atoms with Gasteiger partial charge in [0.05, 0.1) is 18.5 Å². The van der Waals surface area contributed by atoms with Crippen LogP contribution in [0.1, 0.15) is 27.7 Å². The zero-order valence-corrected chi connectivity index (χ0v) is 16.4. The van der Waals surface area contributed by atoms with Crippen LogP contribution in [0.2, 0.25) is 5.15 Å². The van der Waals surface area contributed by atoms with E-state index in [1.165, 1.54) is 9.42 Å². The molecule has 0 saturated heterocycles. The summed E-state index contributed by atoms with van der Waals surface area (Å²) in [6.07, 6.45) is 1.04. The molecule has 0 aliphatic rings. The first-order valence-corrected chi connectivity index (χ1v) is 8.92. The lowest BCUT2D eigenvalue weighted by Crippen LogP contribution is -2.35. The Morgan fingerprint density at radius 3 is 2.56 bits per heavy atom. The van der Waals surface area contributed by atoms with Crippen LogP contribution in [0.3, 0.4) is 0 Å². The van der Waals surface area contributed by atoms with E-state index in [0.717, 1.165) is 0 Å². The van der Waals surface area contributed by atoms with Crippen LogP contribution in [0.25, 0.3) is 5.65 Å². The van der Waals surface area contributed by atoms with Gasteiger partial charge in [-0.15, -0.1) is 0 Å². The highest BCUT2D eigenvalue weighted by Gasteiger charge is 2.27. The van der Waals surface area contributed by atoms with Crippen molar-refractivity contribution in [2.75, 3.05) is 11.5 Å². The zero-order valence-electron chi connectivity index (χ0n) is 15.6. The number of anilines is 2. The molecule has 0 saturated carbocycles. The Morgan fingerprint density at radius 1 is 1.22 bits per heavy atom. The second-order valence-corrected chi connectivity index (χ2v) is 7.17. The molecule has 0 radical (unpaired) electrons. The maximum atomic E-state index is 13.0. The minimum Gasteiger partial charge on any atom is -0.494 e. The zero-order chi connectivity index (χ0) is 19.6. The van der Waals surface area contributed by atoms with Gasteiger partial charge in [-0.2, -0.15) is 9.61 Å². The Morgan fingerprint density at radius 2 is 1.93 bits per heavy atom. The Bertz CT molecular complexity index is 948. The topological polar surface area (TPSA) is 69.0 Å². The van der Waals surface area contributed by atoms with E-state index in [9.17, 15) is 4.79 Å². The molecule has 0 spiro atoms. The van der Waals surface area contributed by atoms with Crippen molar-refractivity contribution in [3.05, 3.63) is 47.7 Å². The molecule has 2 aromatic heterocycles. The van der Waals surface area contributed by atoms with Gasteiger partial charge in [-0.05, 0) is 52.0 Å². The van der Waals surface area contributed by atoms with Crippen molar-refractivity contribution in [1.29, 1.82) is 0 Å². The summed E-state index contributed by atoms with van der Waals surface area (Å²) in [6, 6.07) is 10.4. The number of carbonyl (C=O) groups is 1. The molecular formula is C19H21ClN4O3. The maximum Gasteiger partial charge on any atom is 0.420 e. The number of amides is 1. The lowest BCUT2D eigenvalue weighted by molar-refractivity contribution is 0.0597. The van der Waals surface area contributed by atoms with Crippen LogP contribution < -0.4 is 9.64 Å². The summed E-state index contributed by atoms with van der Waals surface area (Å²) in [7, 11) is 0. The van der Waals surface area contributed by atoms with Crippen LogP contribution in [0, 0.1) is 0 Å². The van der Waals surface area contributed by atoms with E-state index >= 15 is 0 Å². The predicted octanol–water partition coefficient (Wildman–Crippen LogP) is 4.85. The summed E-state index contributed by atoms with van der Waals surface area (Å²) in [6.45, 7) is 7.90. The largest absolute Gasteiger partial charge is 0.494 e. The van der Waals surface area contributed by atoms with Gasteiger partial charge >= 0.3 is 6.09 Å². The smallest absolute Gasteiger partial charge is 0.420 e. The number of fused-ring (bicyclic) bond motifs is 1. The first-order valence-electron chi connectivity index (χ1n) is 8.55. The van der Waals surface area contributed by atoms with Gasteiger partial charge in [0.25, 0.3) is 0 Å². The number of hydrogen-bond donors (Lipinski definition) is 0. The van der Waals surface area contributed by atoms with E-state index in [1.807, 2.05) is 27.7 Å². The van der Waals surface area contributed by atoms with Gasteiger partial charge in [0.2, 0.25) is 0 Å². The second-order valence-electron chi connectivity index (χ2n) is 6.78. The lowest BCUT2D eigenvalue weighted by atomic mass is 10.2. The van der Waals surface area contributed by atoms with Gasteiger partial charge in [0.1, 0.15) is 22.3 Å². The Hall–Kier alpha value is -2.80. The van der Waals surface area contributed by atoms with Gasteiger partial charge in [0, 0.05) is 12.1 Å². The van der Waals surface area contributed by atoms with Crippen molar-refractivity contribution >= 4 is 34.8 Å². The highest BCUT2D eigenvalue weighted by Crippen LogP contribution is 2.31. The summed E-state index contributed by atoms with van der Waals surface area (Å²) < 4.78 is 12.6. The molecule has 0 aliphatic heterocycles. The molecule has 0 bridgehead atoms. The first kappa shape index (κ1) is 19.0. The Kier molecular flexibility index (Phi) is 5.23.